The summed E-state index contributed by atoms with van der Waals surface area (Å²) in [6.07, 6.45) is 2.67. The molecule has 2 heterocycles. The zero-order valence-corrected chi connectivity index (χ0v) is 15.1. The molecule has 0 saturated heterocycles. The molecule has 134 valence electrons. The number of carbonyl (C=O) groups is 1. The summed E-state index contributed by atoms with van der Waals surface area (Å²) in [5.74, 6) is 7.27. The highest BCUT2D eigenvalue weighted by atomic mass is 16.2. The molecule has 1 aliphatic rings. The third kappa shape index (κ3) is 2.92. The quantitative estimate of drug-likeness (QED) is 0.693. The molecule has 1 saturated carbocycles. The number of nitrogens with zero attached hydrogens (tertiary/aromatic N) is 3. The summed E-state index contributed by atoms with van der Waals surface area (Å²) >= 11 is 0. The third-order valence-corrected chi connectivity index (χ3v) is 5.11. The number of fused-ring (bicyclic) bond motifs is 1. The first-order valence-electron chi connectivity index (χ1n) is 9.03. The predicted molar refractivity (Wildman–Crippen MR) is 102 cm³/mol. The Kier molecular flexibility index (Phi) is 4.11. The van der Waals surface area contributed by atoms with Crippen LogP contribution in [0.2, 0.25) is 0 Å². The van der Waals surface area contributed by atoms with E-state index in [0.29, 0.717) is 18.8 Å². The van der Waals surface area contributed by atoms with E-state index in [9.17, 15) is 4.79 Å². The Bertz CT molecular complexity index is 973. The van der Waals surface area contributed by atoms with Gasteiger partial charge in [0.2, 0.25) is 5.91 Å². The number of aryl methyl sites for hydroxylation is 1. The zero-order valence-electron chi connectivity index (χ0n) is 15.1. The maximum atomic E-state index is 11.9. The lowest BCUT2D eigenvalue weighted by Crippen LogP contribution is -2.27. The van der Waals surface area contributed by atoms with E-state index in [1.165, 1.54) is 0 Å². The molecule has 0 bridgehead atoms. The summed E-state index contributed by atoms with van der Waals surface area (Å²) in [6.45, 7) is 4.60. The fourth-order valence-electron chi connectivity index (χ4n) is 3.26. The Labute approximate surface area is 152 Å². The van der Waals surface area contributed by atoms with E-state index in [1.807, 2.05) is 44.2 Å². The monoisotopic (exact) mass is 349 g/mol. The predicted octanol–water partition coefficient (Wildman–Crippen LogP) is 2.50. The highest BCUT2D eigenvalue weighted by molar-refractivity contribution is 5.86. The number of carbonyl (C=O) groups excluding carboxylic acids is 1. The van der Waals surface area contributed by atoms with Crippen molar-refractivity contribution in [2.75, 3.05) is 12.4 Å². The number of benzene rings is 1. The van der Waals surface area contributed by atoms with Gasteiger partial charge in [-0.05, 0) is 32.3 Å². The van der Waals surface area contributed by atoms with E-state index in [4.69, 9.17) is 15.8 Å². The van der Waals surface area contributed by atoms with Crippen molar-refractivity contribution in [1.82, 2.24) is 20.0 Å². The zero-order chi connectivity index (χ0) is 18.3. The van der Waals surface area contributed by atoms with Gasteiger partial charge < -0.3 is 11.2 Å². The van der Waals surface area contributed by atoms with Crippen LogP contribution in [0.25, 0.3) is 22.4 Å². The van der Waals surface area contributed by atoms with Gasteiger partial charge in [0.25, 0.3) is 0 Å². The summed E-state index contributed by atoms with van der Waals surface area (Å²) in [4.78, 5) is 21.4. The minimum absolute atomic E-state index is 0.155. The smallest absolute Gasteiger partial charge is 0.223 e. The van der Waals surface area contributed by atoms with Crippen LogP contribution in [0.1, 0.15) is 29.8 Å². The van der Waals surface area contributed by atoms with Gasteiger partial charge in [0, 0.05) is 35.5 Å². The van der Waals surface area contributed by atoms with E-state index in [-0.39, 0.29) is 11.8 Å². The van der Waals surface area contributed by atoms with Gasteiger partial charge in [-0.2, -0.15) is 0 Å². The number of amides is 1. The van der Waals surface area contributed by atoms with Gasteiger partial charge in [-0.3, -0.25) is 4.79 Å². The lowest BCUT2D eigenvalue weighted by Gasteiger charge is -2.09. The Hall–Kier alpha value is -2.89. The van der Waals surface area contributed by atoms with Crippen LogP contribution < -0.4 is 11.2 Å². The number of nitrogens with two attached hydrogens (primary N) is 1. The second-order valence-electron chi connectivity index (χ2n) is 6.95. The van der Waals surface area contributed by atoms with Gasteiger partial charge in [0.1, 0.15) is 0 Å². The molecule has 6 nitrogen and oxygen atoms in total. The number of rotatable bonds is 5. The van der Waals surface area contributed by atoms with Crippen molar-refractivity contribution in [3.63, 3.8) is 0 Å². The van der Waals surface area contributed by atoms with Crippen molar-refractivity contribution in [2.24, 2.45) is 5.92 Å². The van der Waals surface area contributed by atoms with Crippen molar-refractivity contribution in [2.45, 2.75) is 33.1 Å². The SMILES string of the molecule is Cc1c(C)n(N)c2nc(-c3ccccc3)nc(CCNC(=O)C3CC3)c12. The minimum atomic E-state index is 0.155. The Morgan fingerprint density at radius 3 is 2.65 bits per heavy atom. The minimum Gasteiger partial charge on any atom is -0.355 e. The van der Waals surface area contributed by atoms with Crippen LogP contribution in [-0.2, 0) is 11.2 Å². The van der Waals surface area contributed by atoms with E-state index < -0.39 is 0 Å². The Morgan fingerprint density at radius 1 is 1.23 bits per heavy atom. The first kappa shape index (κ1) is 16.6. The molecule has 6 heteroatoms. The van der Waals surface area contributed by atoms with Crippen LogP contribution in [0.5, 0.6) is 0 Å². The average Bonchev–Trinajstić information content (AvgIpc) is 3.48. The molecule has 1 aromatic carbocycles. The first-order valence-corrected chi connectivity index (χ1v) is 9.03. The molecule has 2 aromatic heterocycles. The summed E-state index contributed by atoms with van der Waals surface area (Å²) in [6, 6.07) is 9.88. The lowest BCUT2D eigenvalue weighted by atomic mass is 10.1. The molecule has 0 spiro atoms. The molecule has 3 N–H and O–H groups in total. The van der Waals surface area contributed by atoms with Gasteiger partial charge in [0.05, 0.1) is 5.69 Å². The second-order valence-corrected chi connectivity index (χ2v) is 6.95. The second kappa shape index (κ2) is 6.44. The van der Waals surface area contributed by atoms with Gasteiger partial charge in [-0.1, -0.05) is 30.3 Å². The molecule has 1 amide bonds. The average molecular weight is 349 g/mol. The van der Waals surface area contributed by atoms with Gasteiger partial charge in [-0.25, -0.2) is 14.6 Å². The number of hydrogen-bond acceptors (Lipinski definition) is 4. The maximum absolute atomic E-state index is 11.9. The van der Waals surface area contributed by atoms with Crippen LogP contribution in [-0.4, -0.2) is 27.1 Å². The summed E-state index contributed by atoms with van der Waals surface area (Å²) in [7, 11) is 0. The van der Waals surface area contributed by atoms with Crippen LogP contribution in [0.4, 0.5) is 0 Å². The molecular formula is C20H23N5O. The van der Waals surface area contributed by atoms with E-state index in [2.05, 4.69) is 5.32 Å². The number of aromatic nitrogens is 3. The third-order valence-electron chi connectivity index (χ3n) is 5.11. The molecule has 4 rings (SSSR count). The molecule has 3 aromatic rings. The first-order chi connectivity index (χ1) is 12.6. The number of hydrogen-bond donors (Lipinski definition) is 2. The fraction of sp³-hybridized carbons (Fsp3) is 0.350. The van der Waals surface area contributed by atoms with E-state index in [1.54, 1.807) is 4.68 Å². The molecular weight excluding hydrogens is 326 g/mol. The number of nitrogens with one attached hydrogen (secondary N) is 1. The summed E-state index contributed by atoms with van der Waals surface area (Å²) < 4.78 is 1.63. The van der Waals surface area contributed by atoms with Crippen LogP contribution >= 0.6 is 0 Å². The van der Waals surface area contributed by atoms with Crippen LogP contribution in [0, 0.1) is 19.8 Å². The topological polar surface area (TPSA) is 85.8 Å². The lowest BCUT2D eigenvalue weighted by molar-refractivity contribution is -0.122. The van der Waals surface area contributed by atoms with Gasteiger partial charge >= 0.3 is 0 Å². The van der Waals surface area contributed by atoms with E-state index >= 15 is 0 Å². The summed E-state index contributed by atoms with van der Waals surface area (Å²) in [5.41, 5.74) is 4.68. The van der Waals surface area contributed by atoms with Crippen molar-refractivity contribution in [3.8, 4) is 11.4 Å². The molecule has 0 unspecified atom stereocenters. The molecule has 0 radical (unpaired) electrons. The number of nitrogen functional groups attached to an aromatic ring is 1. The van der Waals surface area contributed by atoms with Crippen molar-refractivity contribution in [1.29, 1.82) is 0 Å². The van der Waals surface area contributed by atoms with Crippen molar-refractivity contribution in [3.05, 3.63) is 47.3 Å². The largest absolute Gasteiger partial charge is 0.355 e. The van der Waals surface area contributed by atoms with Crippen molar-refractivity contribution < 1.29 is 4.79 Å². The van der Waals surface area contributed by atoms with Crippen LogP contribution in [0.3, 0.4) is 0 Å². The standard InChI is InChI=1S/C20H23N5O/c1-12-13(2)25(21)19-17(12)16(10-11-22-20(26)15-8-9-15)23-18(24-19)14-6-4-3-5-7-14/h3-7,15H,8-11,21H2,1-2H3,(H,22,26). The highest BCUT2D eigenvalue weighted by Gasteiger charge is 2.29. The molecule has 0 aliphatic heterocycles. The maximum Gasteiger partial charge on any atom is 0.223 e. The molecule has 1 fully saturated rings. The molecule has 26 heavy (non-hydrogen) atoms. The normalized spacial score (nSPS) is 13.9. The molecule has 0 atom stereocenters. The Balaban J connectivity index is 1.73. The van der Waals surface area contributed by atoms with E-state index in [0.717, 1.165) is 46.4 Å². The van der Waals surface area contributed by atoms with Gasteiger partial charge in [0.15, 0.2) is 11.5 Å². The fourth-order valence-corrected chi connectivity index (χ4v) is 3.26. The van der Waals surface area contributed by atoms with Crippen molar-refractivity contribution >= 4 is 16.9 Å². The van der Waals surface area contributed by atoms with Gasteiger partial charge in [-0.15, -0.1) is 0 Å². The Morgan fingerprint density at radius 2 is 1.96 bits per heavy atom. The molecule has 1 aliphatic carbocycles. The summed E-state index contributed by atoms with van der Waals surface area (Å²) in [5, 5.41) is 4.01. The van der Waals surface area contributed by atoms with Crippen LogP contribution in [0.15, 0.2) is 30.3 Å². The highest BCUT2D eigenvalue weighted by Crippen LogP contribution is 2.29.